The maximum Gasteiger partial charge on any atom is 0.410 e. The Morgan fingerprint density at radius 3 is 2.41 bits per heavy atom. The molecule has 8 nitrogen and oxygen atoms in total. The summed E-state index contributed by atoms with van der Waals surface area (Å²) in [6.07, 6.45) is 1.18. The minimum atomic E-state index is -0.495. The monoisotopic (exact) mass is 500 g/mol. The van der Waals surface area contributed by atoms with Crippen LogP contribution in [0.1, 0.15) is 39.2 Å². The number of aromatic nitrogens is 3. The molecule has 2 aromatic heterocycles. The van der Waals surface area contributed by atoms with Gasteiger partial charge in [-0.2, -0.15) is 4.98 Å². The highest BCUT2D eigenvalue weighted by Crippen LogP contribution is 2.25. The number of carbonyl (C=O) groups is 1. The largest absolute Gasteiger partial charge is 0.489 e. The first-order chi connectivity index (χ1) is 17.8. The van der Waals surface area contributed by atoms with Crippen LogP contribution in [-0.2, 0) is 11.3 Å². The van der Waals surface area contributed by atoms with E-state index in [2.05, 4.69) is 15.0 Å². The SMILES string of the molecule is CC(C)(C)OC(=O)N1CCC(Oc2ccc3nc(-c4ccc(OCc5ccccc5)cc4)[nH]c3n2)CC1. The fraction of sp³-hybridized carbons (Fsp3) is 0.345. The van der Waals surface area contributed by atoms with Gasteiger partial charge in [-0.25, -0.2) is 9.78 Å². The number of amides is 1. The van der Waals surface area contributed by atoms with Crippen LogP contribution in [0, 0.1) is 0 Å². The van der Waals surface area contributed by atoms with Gasteiger partial charge in [0.15, 0.2) is 5.65 Å². The normalized spacial score (nSPS) is 14.5. The molecule has 37 heavy (non-hydrogen) atoms. The molecule has 1 aliphatic rings. The topological polar surface area (TPSA) is 89.6 Å². The Morgan fingerprint density at radius 2 is 1.70 bits per heavy atom. The lowest BCUT2D eigenvalue weighted by Gasteiger charge is -2.33. The number of aromatic amines is 1. The number of ether oxygens (including phenoxy) is 3. The van der Waals surface area contributed by atoms with Crippen molar-refractivity contribution in [2.45, 2.75) is 51.9 Å². The zero-order chi connectivity index (χ0) is 25.8. The van der Waals surface area contributed by atoms with Gasteiger partial charge >= 0.3 is 6.09 Å². The lowest BCUT2D eigenvalue weighted by Crippen LogP contribution is -2.44. The maximum atomic E-state index is 12.3. The lowest BCUT2D eigenvalue weighted by atomic mass is 10.1. The summed E-state index contributed by atoms with van der Waals surface area (Å²) >= 11 is 0. The third-order valence-corrected chi connectivity index (χ3v) is 6.07. The highest BCUT2D eigenvalue weighted by atomic mass is 16.6. The smallest absolute Gasteiger partial charge is 0.410 e. The van der Waals surface area contributed by atoms with Gasteiger partial charge < -0.3 is 24.1 Å². The number of nitrogens with one attached hydrogen (secondary N) is 1. The molecule has 4 aromatic rings. The molecular weight excluding hydrogens is 468 g/mol. The van der Waals surface area contributed by atoms with Crippen molar-refractivity contribution in [2.75, 3.05) is 13.1 Å². The number of carbonyl (C=O) groups excluding carboxylic acids is 1. The minimum Gasteiger partial charge on any atom is -0.489 e. The number of nitrogens with zero attached hydrogens (tertiary/aromatic N) is 3. The molecule has 0 bridgehead atoms. The number of H-pyrrole nitrogens is 1. The van der Waals surface area contributed by atoms with Gasteiger partial charge in [-0.3, -0.25) is 0 Å². The molecule has 2 aromatic carbocycles. The van der Waals surface area contributed by atoms with E-state index in [1.54, 1.807) is 4.90 Å². The Labute approximate surface area is 216 Å². The Bertz CT molecular complexity index is 1340. The van der Waals surface area contributed by atoms with Gasteiger partial charge in [-0.05, 0) is 56.7 Å². The van der Waals surface area contributed by atoms with Crippen LogP contribution in [0.5, 0.6) is 11.6 Å². The summed E-state index contributed by atoms with van der Waals surface area (Å²) in [6.45, 7) is 7.35. The lowest BCUT2D eigenvalue weighted by molar-refractivity contribution is 0.0123. The van der Waals surface area contributed by atoms with Gasteiger partial charge in [-0.1, -0.05) is 30.3 Å². The molecule has 0 unspecified atom stereocenters. The number of rotatable bonds is 6. The zero-order valence-electron chi connectivity index (χ0n) is 21.4. The van der Waals surface area contributed by atoms with Crippen molar-refractivity contribution in [1.29, 1.82) is 0 Å². The van der Waals surface area contributed by atoms with Crippen LogP contribution in [0.15, 0.2) is 66.7 Å². The number of likely N-dealkylation sites (tertiary alicyclic amines) is 1. The van der Waals surface area contributed by atoms with Crippen LogP contribution in [0.2, 0.25) is 0 Å². The first-order valence-corrected chi connectivity index (χ1v) is 12.6. The highest BCUT2D eigenvalue weighted by molar-refractivity contribution is 5.76. The Balaban J connectivity index is 1.18. The molecular formula is C29H32N4O4. The summed E-state index contributed by atoms with van der Waals surface area (Å²) in [7, 11) is 0. The van der Waals surface area contributed by atoms with Crippen molar-refractivity contribution in [3.05, 3.63) is 72.3 Å². The van der Waals surface area contributed by atoms with E-state index in [0.29, 0.717) is 31.2 Å². The average Bonchev–Trinajstić information content (AvgIpc) is 3.31. The van der Waals surface area contributed by atoms with Crippen molar-refractivity contribution < 1.29 is 19.0 Å². The van der Waals surface area contributed by atoms with E-state index >= 15 is 0 Å². The van der Waals surface area contributed by atoms with Gasteiger partial charge in [0.25, 0.3) is 0 Å². The summed E-state index contributed by atoms with van der Waals surface area (Å²) in [5.74, 6) is 2.08. The summed E-state index contributed by atoms with van der Waals surface area (Å²) < 4.78 is 17.5. The first-order valence-electron chi connectivity index (χ1n) is 12.6. The summed E-state index contributed by atoms with van der Waals surface area (Å²) in [6, 6.07) is 21.7. The molecule has 0 radical (unpaired) electrons. The molecule has 0 spiro atoms. The number of pyridine rings is 1. The molecule has 0 aliphatic carbocycles. The number of piperidine rings is 1. The second-order valence-corrected chi connectivity index (χ2v) is 10.2. The van der Waals surface area contributed by atoms with Gasteiger partial charge in [0.2, 0.25) is 5.88 Å². The van der Waals surface area contributed by atoms with E-state index in [-0.39, 0.29) is 12.2 Å². The van der Waals surface area contributed by atoms with E-state index in [0.717, 1.165) is 41.1 Å². The first kappa shape index (κ1) is 24.6. The van der Waals surface area contributed by atoms with E-state index < -0.39 is 5.60 Å². The second kappa shape index (κ2) is 10.5. The van der Waals surface area contributed by atoms with Gasteiger partial charge in [0.1, 0.15) is 35.4 Å². The fourth-order valence-electron chi connectivity index (χ4n) is 4.18. The van der Waals surface area contributed by atoms with E-state index in [1.165, 1.54) is 0 Å². The highest BCUT2D eigenvalue weighted by Gasteiger charge is 2.28. The summed E-state index contributed by atoms with van der Waals surface area (Å²) in [5.41, 5.74) is 3.02. The molecule has 1 N–H and O–H groups in total. The van der Waals surface area contributed by atoms with Crippen LogP contribution in [-0.4, -0.2) is 50.7 Å². The molecule has 192 valence electrons. The van der Waals surface area contributed by atoms with Crippen LogP contribution >= 0.6 is 0 Å². The number of benzene rings is 2. The quantitative estimate of drug-likeness (QED) is 0.350. The number of hydrogen-bond donors (Lipinski definition) is 1. The number of imidazole rings is 1. The average molecular weight is 501 g/mol. The summed E-state index contributed by atoms with van der Waals surface area (Å²) in [5, 5.41) is 0. The van der Waals surface area contributed by atoms with Crippen molar-refractivity contribution >= 4 is 17.3 Å². The predicted octanol–water partition coefficient (Wildman–Crippen LogP) is 5.98. The number of hydrogen-bond acceptors (Lipinski definition) is 6. The standard InChI is InChI=1S/C29H32N4O4/c1-29(2,3)37-28(34)33-17-15-23(16-18-33)36-25-14-13-24-27(31-25)32-26(30-24)21-9-11-22(12-10-21)35-19-20-7-5-4-6-8-20/h4-14,23H,15-19H2,1-3H3,(H,30,31,32). The Hall–Kier alpha value is -4.07. The number of fused-ring (bicyclic) bond motifs is 1. The van der Waals surface area contributed by atoms with Crippen LogP contribution < -0.4 is 9.47 Å². The Kier molecular flexibility index (Phi) is 6.99. The Morgan fingerprint density at radius 1 is 0.973 bits per heavy atom. The molecule has 0 atom stereocenters. The van der Waals surface area contributed by atoms with Crippen molar-refractivity contribution in [3.63, 3.8) is 0 Å². The second-order valence-electron chi connectivity index (χ2n) is 10.2. The van der Waals surface area contributed by atoms with Crippen molar-refractivity contribution in [2.24, 2.45) is 0 Å². The van der Waals surface area contributed by atoms with Gasteiger partial charge in [0.05, 0.1) is 0 Å². The maximum absolute atomic E-state index is 12.3. The van der Waals surface area contributed by atoms with Crippen molar-refractivity contribution in [3.8, 4) is 23.0 Å². The third kappa shape index (κ3) is 6.39. The predicted molar refractivity (Wildman–Crippen MR) is 142 cm³/mol. The van der Waals surface area contributed by atoms with Crippen molar-refractivity contribution in [1.82, 2.24) is 19.9 Å². The van der Waals surface area contributed by atoms with Crippen LogP contribution in [0.25, 0.3) is 22.6 Å². The van der Waals surface area contributed by atoms with E-state index in [1.807, 2.05) is 87.5 Å². The molecule has 1 aliphatic heterocycles. The van der Waals surface area contributed by atoms with Gasteiger partial charge in [0, 0.05) is 37.6 Å². The molecule has 1 saturated heterocycles. The van der Waals surface area contributed by atoms with Crippen LogP contribution in [0.3, 0.4) is 0 Å². The fourth-order valence-corrected chi connectivity index (χ4v) is 4.18. The third-order valence-electron chi connectivity index (χ3n) is 6.07. The van der Waals surface area contributed by atoms with E-state index in [4.69, 9.17) is 14.2 Å². The molecule has 1 fully saturated rings. The molecule has 3 heterocycles. The van der Waals surface area contributed by atoms with Gasteiger partial charge in [-0.15, -0.1) is 0 Å². The minimum absolute atomic E-state index is 0.00513. The molecule has 8 heteroatoms. The van der Waals surface area contributed by atoms with E-state index in [9.17, 15) is 4.79 Å². The molecule has 5 rings (SSSR count). The molecule has 0 saturated carbocycles. The summed E-state index contributed by atoms with van der Waals surface area (Å²) in [4.78, 5) is 26.6. The molecule has 1 amide bonds. The zero-order valence-corrected chi connectivity index (χ0v) is 21.4. The van der Waals surface area contributed by atoms with Crippen LogP contribution in [0.4, 0.5) is 4.79 Å².